The van der Waals surface area contributed by atoms with Crippen LogP contribution >= 0.6 is 0 Å². The minimum Gasteiger partial charge on any atom is -0.352 e. The number of hydrogen-bond acceptors (Lipinski definition) is 3. The summed E-state index contributed by atoms with van der Waals surface area (Å²) < 4.78 is 26.4. The highest BCUT2D eigenvalue weighted by atomic mass is 19.1. The quantitative estimate of drug-likeness (QED) is 0.918. The molecule has 0 radical (unpaired) electrons. The molecule has 0 fully saturated rings. The molecule has 6 heteroatoms. The number of nitrogens with one attached hydrogen (secondary N) is 1. The fraction of sp³-hybridized carbons (Fsp3) is 0.250. The molecule has 0 unspecified atom stereocenters. The predicted octanol–water partition coefficient (Wildman–Crippen LogP) is 3.59. The largest absolute Gasteiger partial charge is 0.352 e. The second-order valence-corrected chi connectivity index (χ2v) is 4.66. The first-order valence-electron chi connectivity index (χ1n) is 7.02. The lowest BCUT2D eigenvalue weighted by Crippen LogP contribution is -2.31. The summed E-state index contributed by atoms with van der Waals surface area (Å²) in [5, 5.41) is 2.79. The normalized spacial score (nSPS) is 10.4. The Hall–Kier alpha value is -2.50. The predicted molar refractivity (Wildman–Crippen MR) is 81.1 cm³/mol. The molecule has 0 atom stereocenters. The van der Waals surface area contributed by atoms with E-state index < -0.39 is 11.6 Å². The minimum absolute atomic E-state index is 0.144. The lowest BCUT2D eigenvalue weighted by Gasteiger charge is -2.18. The Balaban J connectivity index is 2.13. The Morgan fingerprint density at radius 3 is 2.45 bits per heavy atom. The number of aromatic nitrogens is 1. The third-order valence-corrected chi connectivity index (χ3v) is 3.24. The Kier molecular flexibility index (Phi) is 5.04. The summed E-state index contributed by atoms with van der Waals surface area (Å²) in [4.78, 5) is 17.9. The molecular formula is C16H17F2N3O. The molecule has 0 aliphatic rings. The molecule has 0 bridgehead atoms. The van der Waals surface area contributed by atoms with Crippen LogP contribution in [0.15, 0.2) is 36.5 Å². The van der Waals surface area contributed by atoms with Gasteiger partial charge in [0.25, 0.3) is 5.91 Å². The highest BCUT2D eigenvalue weighted by Crippen LogP contribution is 2.20. The Morgan fingerprint density at radius 2 is 1.91 bits per heavy atom. The number of rotatable bonds is 5. The molecule has 116 valence electrons. The zero-order valence-electron chi connectivity index (χ0n) is 12.4. The molecule has 0 aliphatic carbocycles. The number of amides is 1. The van der Waals surface area contributed by atoms with E-state index in [0.717, 1.165) is 12.1 Å². The molecule has 0 aliphatic heterocycles. The van der Waals surface area contributed by atoms with Gasteiger partial charge in [0.1, 0.15) is 17.3 Å². The molecule has 4 nitrogen and oxygen atoms in total. The molecule has 0 spiro atoms. The van der Waals surface area contributed by atoms with Gasteiger partial charge in [-0.1, -0.05) is 0 Å². The number of hydrogen-bond donors (Lipinski definition) is 1. The maximum absolute atomic E-state index is 13.6. The first-order valence-corrected chi connectivity index (χ1v) is 7.02. The summed E-state index contributed by atoms with van der Waals surface area (Å²) in [5.74, 6) is -1.48. The molecule has 1 aromatic carbocycles. The third-order valence-electron chi connectivity index (χ3n) is 3.24. The van der Waals surface area contributed by atoms with Crippen molar-refractivity contribution >= 4 is 17.3 Å². The summed E-state index contributed by atoms with van der Waals surface area (Å²) in [6.07, 6.45) is 1.44. The summed E-state index contributed by atoms with van der Waals surface area (Å²) in [6, 6.07) is 6.47. The van der Waals surface area contributed by atoms with E-state index in [1.807, 2.05) is 13.8 Å². The molecule has 1 amide bonds. The molecule has 22 heavy (non-hydrogen) atoms. The van der Waals surface area contributed by atoms with Gasteiger partial charge in [0.05, 0.1) is 17.6 Å². The molecule has 2 aromatic rings. The van der Waals surface area contributed by atoms with E-state index in [9.17, 15) is 13.6 Å². The van der Waals surface area contributed by atoms with Crippen molar-refractivity contribution in [2.45, 2.75) is 13.8 Å². The van der Waals surface area contributed by atoms with Crippen LogP contribution < -0.4 is 5.32 Å². The number of pyridine rings is 1. The average Bonchev–Trinajstić information content (AvgIpc) is 2.52. The molecular weight excluding hydrogens is 288 g/mol. The van der Waals surface area contributed by atoms with E-state index in [4.69, 9.17) is 0 Å². The van der Waals surface area contributed by atoms with Crippen LogP contribution in [0.5, 0.6) is 0 Å². The first kappa shape index (κ1) is 15.9. The van der Waals surface area contributed by atoms with Crippen molar-refractivity contribution in [1.29, 1.82) is 0 Å². The number of carbonyl (C=O) groups is 1. The highest BCUT2D eigenvalue weighted by Gasteiger charge is 2.13. The molecule has 1 heterocycles. The van der Waals surface area contributed by atoms with Crippen molar-refractivity contribution in [3.8, 4) is 0 Å². The second kappa shape index (κ2) is 6.98. The van der Waals surface area contributed by atoms with Crippen LogP contribution in [-0.2, 0) is 0 Å². The van der Waals surface area contributed by atoms with Gasteiger partial charge < -0.3 is 10.2 Å². The number of nitrogens with zero attached hydrogens (tertiary/aromatic N) is 2. The van der Waals surface area contributed by atoms with E-state index in [2.05, 4.69) is 10.3 Å². The highest BCUT2D eigenvalue weighted by molar-refractivity contribution is 5.92. The standard InChI is InChI=1S/C16H17F2N3O/c1-3-21(4-2)16(22)15-8-6-12(10-19-15)20-14-7-5-11(17)9-13(14)18/h5-10,20H,3-4H2,1-2H3. The lowest BCUT2D eigenvalue weighted by molar-refractivity contribution is 0.0767. The van der Waals surface area contributed by atoms with E-state index >= 15 is 0 Å². The van der Waals surface area contributed by atoms with Gasteiger partial charge in [0.15, 0.2) is 0 Å². The summed E-state index contributed by atoms with van der Waals surface area (Å²) in [5.41, 5.74) is 0.987. The Morgan fingerprint density at radius 1 is 1.18 bits per heavy atom. The monoisotopic (exact) mass is 305 g/mol. The zero-order valence-corrected chi connectivity index (χ0v) is 12.4. The minimum atomic E-state index is -0.691. The number of anilines is 2. The average molecular weight is 305 g/mol. The van der Waals surface area contributed by atoms with Crippen molar-refractivity contribution in [3.63, 3.8) is 0 Å². The summed E-state index contributed by atoms with van der Waals surface area (Å²) in [6.45, 7) is 5.01. The van der Waals surface area contributed by atoms with Crippen molar-refractivity contribution in [2.24, 2.45) is 0 Å². The van der Waals surface area contributed by atoms with Gasteiger partial charge in [0, 0.05) is 19.2 Å². The van der Waals surface area contributed by atoms with E-state index in [-0.39, 0.29) is 11.6 Å². The molecule has 1 N–H and O–H groups in total. The van der Waals surface area contributed by atoms with Crippen LogP contribution in [0.4, 0.5) is 20.2 Å². The van der Waals surface area contributed by atoms with Crippen LogP contribution in [0, 0.1) is 11.6 Å². The van der Waals surface area contributed by atoms with Gasteiger partial charge in [0.2, 0.25) is 0 Å². The van der Waals surface area contributed by atoms with Gasteiger partial charge >= 0.3 is 0 Å². The Bertz CT molecular complexity index is 655. The lowest BCUT2D eigenvalue weighted by atomic mass is 10.2. The fourth-order valence-electron chi connectivity index (χ4n) is 2.01. The molecule has 0 saturated heterocycles. The maximum Gasteiger partial charge on any atom is 0.272 e. The SMILES string of the molecule is CCN(CC)C(=O)c1ccc(Nc2ccc(F)cc2F)cn1. The van der Waals surface area contributed by atoms with Gasteiger partial charge in [-0.3, -0.25) is 4.79 Å². The smallest absolute Gasteiger partial charge is 0.272 e. The van der Waals surface area contributed by atoms with E-state index in [0.29, 0.717) is 24.5 Å². The van der Waals surface area contributed by atoms with Gasteiger partial charge in [-0.25, -0.2) is 13.8 Å². The van der Waals surface area contributed by atoms with Gasteiger partial charge in [-0.15, -0.1) is 0 Å². The van der Waals surface area contributed by atoms with E-state index in [1.165, 1.54) is 12.3 Å². The van der Waals surface area contributed by atoms with Crippen LogP contribution in [0.25, 0.3) is 0 Å². The third kappa shape index (κ3) is 3.58. The second-order valence-electron chi connectivity index (χ2n) is 4.66. The number of carbonyl (C=O) groups excluding carboxylic acids is 1. The van der Waals surface area contributed by atoms with Crippen LogP contribution in [-0.4, -0.2) is 28.9 Å². The van der Waals surface area contributed by atoms with Gasteiger partial charge in [-0.2, -0.15) is 0 Å². The summed E-state index contributed by atoms with van der Waals surface area (Å²) in [7, 11) is 0. The summed E-state index contributed by atoms with van der Waals surface area (Å²) >= 11 is 0. The zero-order chi connectivity index (χ0) is 16.1. The van der Waals surface area contributed by atoms with Crippen molar-refractivity contribution in [1.82, 2.24) is 9.88 Å². The van der Waals surface area contributed by atoms with Crippen LogP contribution in [0.1, 0.15) is 24.3 Å². The van der Waals surface area contributed by atoms with E-state index in [1.54, 1.807) is 17.0 Å². The van der Waals surface area contributed by atoms with Crippen LogP contribution in [0.2, 0.25) is 0 Å². The van der Waals surface area contributed by atoms with Crippen molar-refractivity contribution in [3.05, 3.63) is 53.9 Å². The Labute approximate surface area is 127 Å². The number of halogens is 2. The van der Waals surface area contributed by atoms with Crippen LogP contribution in [0.3, 0.4) is 0 Å². The fourth-order valence-corrected chi connectivity index (χ4v) is 2.01. The molecule has 1 aromatic heterocycles. The number of benzene rings is 1. The first-order chi connectivity index (χ1) is 10.5. The maximum atomic E-state index is 13.6. The van der Waals surface area contributed by atoms with Crippen molar-refractivity contribution in [2.75, 3.05) is 18.4 Å². The van der Waals surface area contributed by atoms with Gasteiger partial charge in [-0.05, 0) is 38.1 Å². The molecule has 2 rings (SSSR count). The molecule has 0 saturated carbocycles. The van der Waals surface area contributed by atoms with Crippen molar-refractivity contribution < 1.29 is 13.6 Å². The topological polar surface area (TPSA) is 45.2 Å².